The molecule has 166 valence electrons. The van der Waals surface area contributed by atoms with E-state index < -0.39 is 0 Å². The van der Waals surface area contributed by atoms with Crippen LogP contribution in [-0.2, 0) is 19.6 Å². The fourth-order valence-corrected chi connectivity index (χ4v) is 4.60. The smallest absolute Gasteiger partial charge is 0.231 e. The Morgan fingerprint density at radius 3 is 2.59 bits per heavy atom. The maximum atomic E-state index is 6.45. The minimum atomic E-state index is 0. The summed E-state index contributed by atoms with van der Waals surface area (Å²) >= 11 is 12.5. The molecule has 0 radical (unpaired) electrons. The highest BCUT2D eigenvalue weighted by Gasteiger charge is 2.16. The van der Waals surface area contributed by atoms with Gasteiger partial charge in [-0.2, -0.15) is 0 Å². The predicted molar refractivity (Wildman–Crippen MR) is 133 cm³/mol. The lowest BCUT2D eigenvalue weighted by Gasteiger charge is -2.11. The number of aromatic nitrogens is 1. The van der Waals surface area contributed by atoms with Crippen LogP contribution in [0.3, 0.4) is 0 Å². The van der Waals surface area contributed by atoms with Crippen LogP contribution >= 0.6 is 35.6 Å². The predicted octanol–water partition coefficient (Wildman–Crippen LogP) is 6.75. The Morgan fingerprint density at radius 1 is 0.938 bits per heavy atom. The van der Waals surface area contributed by atoms with E-state index in [4.69, 9.17) is 32.7 Å². The summed E-state index contributed by atoms with van der Waals surface area (Å²) in [6.07, 6.45) is 0. The van der Waals surface area contributed by atoms with Crippen molar-refractivity contribution in [2.24, 2.45) is 0 Å². The fourth-order valence-electron chi connectivity index (χ4n) is 4.13. The van der Waals surface area contributed by atoms with Crippen LogP contribution in [0.1, 0.15) is 22.4 Å². The number of ether oxygens (including phenoxy) is 2. The minimum Gasteiger partial charge on any atom is -0.454 e. The maximum absolute atomic E-state index is 6.45. The number of fused-ring (bicyclic) bond motifs is 2. The Balaban J connectivity index is 0.00000245. The second-order valence-electron chi connectivity index (χ2n) is 7.69. The number of benzene rings is 3. The van der Waals surface area contributed by atoms with Crippen molar-refractivity contribution in [1.82, 2.24) is 9.88 Å². The molecule has 1 aliphatic rings. The van der Waals surface area contributed by atoms with Crippen molar-refractivity contribution in [2.45, 2.75) is 26.6 Å². The molecule has 0 atom stereocenters. The third-order valence-electron chi connectivity index (χ3n) is 5.77. The number of nitrogens with one attached hydrogen (secondary N) is 1. The Kier molecular flexibility index (Phi) is 6.87. The molecular weight excluding hydrogens is 467 g/mol. The minimum absolute atomic E-state index is 0. The van der Waals surface area contributed by atoms with Crippen LogP contribution in [0.2, 0.25) is 10.0 Å². The van der Waals surface area contributed by atoms with Gasteiger partial charge in [-0.3, -0.25) is 0 Å². The highest BCUT2D eigenvalue weighted by Crippen LogP contribution is 2.33. The summed E-state index contributed by atoms with van der Waals surface area (Å²) in [7, 11) is 0. The van der Waals surface area contributed by atoms with Gasteiger partial charge < -0.3 is 19.4 Å². The third kappa shape index (κ3) is 4.41. The summed E-state index contributed by atoms with van der Waals surface area (Å²) in [5.41, 5.74) is 5.94. The molecule has 0 fully saturated rings. The van der Waals surface area contributed by atoms with E-state index in [9.17, 15) is 0 Å². The molecule has 1 N–H and O–H groups in total. The van der Waals surface area contributed by atoms with Gasteiger partial charge in [0.05, 0.1) is 0 Å². The van der Waals surface area contributed by atoms with Crippen LogP contribution in [0, 0.1) is 6.92 Å². The van der Waals surface area contributed by atoms with Gasteiger partial charge in [-0.05, 0) is 53.9 Å². The first kappa shape index (κ1) is 22.8. The largest absolute Gasteiger partial charge is 0.454 e. The first-order chi connectivity index (χ1) is 15.1. The Labute approximate surface area is 203 Å². The molecule has 3 aromatic carbocycles. The molecule has 7 heteroatoms. The molecule has 5 rings (SSSR count). The van der Waals surface area contributed by atoms with E-state index in [0.29, 0.717) is 23.4 Å². The van der Waals surface area contributed by atoms with Crippen LogP contribution in [-0.4, -0.2) is 11.4 Å². The van der Waals surface area contributed by atoms with Crippen LogP contribution in [0.15, 0.2) is 60.7 Å². The first-order valence-corrected chi connectivity index (χ1v) is 11.0. The van der Waals surface area contributed by atoms with Crippen LogP contribution in [0.25, 0.3) is 10.9 Å². The average molecular weight is 490 g/mol. The molecule has 4 aromatic rings. The zero-order valence-electron chi connectivity index (χ0n) is 17.5. The monoisotopic (exact) mass is 488 g/mol. The second kappa shape index (κ2) is 9.63. The van der Waals surface area contributed by atoms with E-state index in [-0.39, 0.29) is 12.4 Å². The van der Waals surface area contributed by atoms with E-state index in [1.165, 1.54) is 27.7 Å². The van der Waals surface area contributed by atoms with Gasteiger partial charge in [0.1, 0.15) is 0 Å². The summed E-state index contributed by atoms with van der Waals surface area (Å²) in [4.78, 5) is 0. The topological polar surface area (TPSA) is 35.4 Å². The van der Waals surface area contributed by atoms with E-state index in [1.54, 1.807) is 6.07 Å². The summed E-state index contributed by atoms with van der Waals surface area (Å²) < 4.78 is 13.2. The van der Waals surface area contributed by atoms with E-state index in [1.807, 2.05) is 24.3 Å². The van der Waals surface area contributed by atoms with Crippen molar-refractivity contribution in [3.63, 3.8) is 0 Å². The lowest BCUT2D eigenvalue weighted by molar-refractivity contribution is 0.174. The second-order valence-corrected chi connectivity index (χ2v) is 8.54. The molecule has 0 saturated carbocycles. The molecule has 0 spiro atoms. The summed E-state index contributed by atoms with van der Waals surface area (Å²) in [5, 5.41) is 6.17. The van der Waals surface area contributed by atoms with Gasteiger partial charge in [0.25, 0.3) is 0 Å². The first-order valence-electron chi connectivity index (χ1n) is 10.2. The molecule has 32 heavy (non-hydrogen) atoms. The van der Waals surface area contributed by atoms with Crippen LogP contribution < -0.4 is 14.8 Å². The molecule has 0 saturated heterocycles. The number of hydrogen-bond donors (Lipinski definition) is 1. The van der Waals surface area contributed by atoms with Crippen molar-refractivity contribution >= 4 is 46.5 Å². The number of nitrogens with zero attached hydrogens (tertiary/aromatic N) is 1. The Bertz CT molecular complexity index is 1270. The normalized spacial score (nSPS) is 12.2. The zero-order valence-corrected chi connectivity index (χ0v) is 19.9. The van der Waals surface area contributed by atoms with Crippen LogP contribution in [0.5, 0.6) is 11.5 Å². The highest BCUT2D eigenvalue weighted by atomic mass is 35.5. The number of halogens is 3. The zero-order chi connectivity index (χ0) is 21.4. The summed E-state index contributed by atoms with van der Waals surface area (Å²) in [6.45, 7) is 4.68. The van der Waals surface area contributed by atoms with Gasteiger partial charge in [-0.25, -0.2) is 0 Å². The van der Waals surface area contributed by atoms with Crippen molar-refractivity contribution in [3.8, 4) is 11.5 Å². The highest BCUT2D eigenvalue weighted by molar-refractivity contribution is 6.35. The molecule has 0 amide bonds. The van der Waals surface area contributed by atoms with Gasteiger partial charge in [-0.1, -0.05) is 53.5 Å². The third-order valence-corrected chi connectivity index (χ3v) is 6.36. The molecule has 2 heterocycles. The maximum Gasteiger partial charge on any atom is 0.231 e. The van der Waals surface area contributed by atoms with E-state index >= 15 is 0 Å². The van der Waals surface area contributed by atoms with Gasteiger partial charge >= 0.3 is 0 Å². The molecule has 0 bridgehead atoms. The molecular formula is C25H23Cl3N2O2. The quantitative estimate of drug-likeness (QED) is 0.325. The van der Waals surface area contributed by atoms with Gasteiger partial charge in [0.15, 0.2) is 11.5 Å². The van der Waals surface area contributed by atoms with Gasteiger partial charge in [0.2, 0.25) is 6.79 Å². The Morgan fingerprint density at radius 2 is 1.75 bits per heavy atom. The fraction of sp³-hybridized carbons (Fsp3) is 0.200. The standard InChI is InChI=1S/C25H22Cl2N2O2.ClH/c1-16-21(13-28-12-17-6-9-24-25(10-17)31-15-30-24)20-4-2-3-5-23(20)29(16)14-18-7-8-19(26)11-22(18)27;/h2-11,28H,12-15H2,1H3;1H. The molecule has 0 aliphatic carbocycles. The summed E-state index contributed by atoms with van der Waals surface area (Å²) in [5.74, 6) is 1.62. The van der Waals surface area contributed by atoms with Gasteiger partial charge in [-0.15, -0.1) is 12.4 Å². The SMILES string of the molecule is Cc1c(CNCc2ccc3c(c2)OCO3)c2ccccc2n1Cc1ccc(Cl)cc1Cl.Cl. The number of para-hydroxylation sites is 1. The van der Waals surface area contributed by atoms with Gasteiger partial charge in [0, 0.05) is 46.3 Å². The van der Waals surface area contributed by atoms with Crippen LogP contribution in [0.4, 0.5) is 0 Å². The number of hydrogen-bond acceptors (Lipinski definition) is 3. The van der Waals surface area contributed by atoms with Crippen molar-refractivity contribution in [3.05, 3.63) is 93.1 Å². The van der Waals surface area contributed by atoms with E-state index in [0.717, 1.165) is 30.2 Å². The van der Waals surface area contributed by atoms with Crippen molar-refractivity contribution < 1.29 is 9.47 Å². The molecule has 1 aliphatic heterocycles. The average Bonchev–Trinajstić information content (AvgIpc) is 3.33. The molecule has 4 nitrogen and oxygen atoms in total. The molecule has 0 unspecified atom stereocenters. The van der Waals surface area contributed by atoms with E-state index in [2.05, 4.69) is 47.1 Å². The lowest BCUT2D eigenvalue weighted by Crippen LogP contribution is -2.13. The lowest BCUT2D eigenvalue weighted by atomic mass is 10.1. The summed E-state index contributed by atoms with van der Waals surface area (Å²) in [6, 6.07) is 20.3. The van der Waals surface area contributed by atoms with Crippen molar-refractivity contribution in [2.75, 3.05) is 6.79 Å². The Hall–Kier alpha value is -2.37. The molecule has 1 aromatic heterocycles. The van der Waals surface area contributed by atoms with Crippen molar-refractivity contribution in [1.29, 1.82) is 0 Å². The number of rotatable bonds is 6.